The van der Waals surface area contributed by atoms with Gasteiger partial charge in [-0.25, -0.2) is 9.59 Å². The normalized spacial score (nSPS) is 31.2. The maximum Gasteiger partial charge on any atom is 0.327 e. The molecule has 108 valence electrons. The van der Waals surface area contributed by atoms with Crippen molar-refractivity contribution in [1.29, 1.82) is 0 Å². The van der Waals surface area contributed by atoms with Gasteiger partial charge in [0.25, 0.3) is 0 Å². The Morgan fingerprint density at radius 3 is 2.79 bits per heavy atom. The minimum Gasteiger partial charge on any atom is -0.480 e. The van der Waals surface area contributed by atoms with E-state index in [0.717, 1.165) is 30.8 Å². The first-order valence-electron chi connectivity index (χ1n) is 6.64. The molecule has 7 heteroatoms. The molecule has 0 aromatic carbocycles. The van der Waals surface area contributed by atoms with Crippen LogP contribution in [-0.4, -0.2) is 56.7 Å². The van der Waals surface area contributed by atoms with Crippen molar-refractivity contribution in [3.8, 4) is 0 Å². The second-order valence-corrected chi connectivity index (χ2v) is 7.18. The molecule has 0 aromatic rings. The molecule has 2 saturated heterocycles. The number of nitrogens with one attached hydrogen (secondary N) is 1. The quantitative estimate of drug-likeness (QED) is 0.832. The molecule has 0 aliphatic carbocycles. The first kappa shape index (κ1) is 14.8. The standard InChI is InChI=1S/C12H20N2O3S2/c1-2-10-14(9(7-19-10)11(15)16)12(17)13-8-4-3-5-18-6-8/h8-10H,2-7H2,1H3,(H,13,17)(H,15,16). The second kappa shape index (κ2) is 6.74. The Bertz CT molecular complexity index is 348. The molecule has 2 rings (SSSR count). The van der Waals surface area contributed by atoms with Crippen LogP contribution in [0.4, 0.5) is 4.79 Å². The second-order valence-electron chi connectivity index (χ2n) is 4.82. The van der Waals surface area contributed by atoms with Crippen molar-refractivity contribution < 1.29 is 14.7 Å². The summed E-state index contributed by atoms with van der Waals surface area (Å²) in [6, 6.07) is -0.716. The topological polar surface area (TPSA) is 69.6 Å². The van der Waals surface area contributed by atoms with Crippen LogP contribution in [0.2, 0.25) is 0 Å². The van der Waals surface area contributed by atoms with Crippen LogP contribution in [0.15, 0.2) is 0 Å². The summed E-state index contributed by atoms with van der Waals surface area (Å²) in [7, 11) is 0. The lowest BCUT2D eigenvalue weighted by molar-refractivity contribution is -0.141. The van der Waals surface area contributed by atoms with Gasteiger partial charge in [0.05, 0.1) is 5.37 Å². The Morgan fingerprint density at radius 2 is 2.21 bits per heavy atom. The largest absolute Gasteiger partial charge is 0.480 e. The summed E-state index contributed by atoms with van der Waals surface area (Å²) >= 11 is 3.40. The molecule has 0 saturated carbocycles. The van der Waals surface area contributed by atoms with Gasteiger partial charge in [-0.05, 0) is 25.0 Å². The minimum atomic E-state index is -0.906. The van der Waals surface area contributed by atoms with Crippen LogP contribution < -0.4 is 5.32 Å². The van der Waals surface area contributed by atoms with E-state index in [9.17, 15) is 14.7 Å². The number of urea groups is 1. The third kappa shape index (κ3) is 3.51. The highest BCUT2D eigenvalue weighted by atomic mass is 32.2. The lowest BCUT2D eigenvalue weighted by atomic mass is 10.2. The first-order chi connectivity index (χ1) is 9.13. The summed E-state index contributed by atoms with van der Waals surface area (Å²) in [6.45, 7) is 1.98. The van der Waals surface area contributed by atoms with Gasteiger partial charge in [-0.1, -0.05) is 6.92 Å². The van der Waals surface area contributed by atoms with Crippen molar-refractivity contribution in [3.63, 3.8) is 0 Å². The van der Waals surface area contributed by atoms with E-state index >= 15 is 0 Å². The summed E-state index contributed by atoms with van der Waals surface area (Å²) in [5, 5.41) is 12.2. The van der Waals surface area contributed by atoms with Crippen LogP contribution in [0, 0.1) is 0 Å². The number of hydrogen-bond acceptors (Lipinski definition) is 4. The molecule has 2 fully saturated rings. The maximum absolute atomic E-state index is 12.3. The number of aliphatic carboxylic acids is 1. The van der Waals surface area contributed by atoms with Crippen molar-refractivity contribution in [2.75, 3.05) is 17.3 Å². The zero-order chi connectivity index (χ0) is 13.8. The number of thioether (sulfide) groups is 2. The van der Waals surface area contributed by atoms with Crippen molar-refractivity contribution in [1.82, 2.24) is 10.2 Å². The third-order valence-corrected chi connectivity index (χ3v) is 6.12. The molecule has 0 spiro atoms. The van der Waals surface area contributed by atoms with Gasteiger partial charge in [0, 0.05) is 17.5 Å². The molecule has 2 aliphatic heterocycles. The Balaban J connectivity index is 1.99. The molecule has 3 unspecified atom stereocenters. The monoisotopic (exact) mass is 304 g/mol. The van der Waals surface area contributed by atoms with Gasteiger partial charge >= 0.3 is 12.0 Å². The van der Waals surface area contributed by atoms with E-state index in [-0.39, 0.29) is 17.4 Å². The number of carboxylic acid groups (broad SMARTS) is 1. The lowest BCUT2D eigenvalue weighted by Crippen LogP contribution is -2.53. The highest BCUT2D eigenvalue weighted by molar-refractivity contribution is 8.00. The fourth-order valence-electron chi connectivity index (χ4n) is 2.44. The molecule has 19 heavy (non-hydrogen) atoms. The van der Waals surface area contributed by atoms with E-state index in [2.05, 4.69) is 5.32 Å². The lowest BCUT2D eigenvalue weighted by Gasteiger charge is -2.30. The minimum absolute atomic E-state index is 0.0163. The molecule has 0 aromatic heterocycles. The number of carboxylic acids is 1. The molecule has 0 bridgehead atoms. The van der Waals surface area contributed by atoms with Crippen molar-refractivity contribution in [2.24, 2.45) is 0 Å². The molecule has 2 amide bonds. The molecule has 2 aliphatic rings. The Labute approximate surface area is 121 Å². The molecular weight excluding hydrogens is 284 g/mol. The van der Waals surface area contributed by atoms with Crippen LogP contribution in [-0.2, 0) is 4.79 Å². The van der Waals surface area contributed by atoms with Gasteiger partial charge in [0.15, 0.2) is 0 Å². The first-order valence-corrected chi connectivity index (χ1v) is 8.84. The number of rotatable bonds is 3. The van der Waals surface area contributed by atoms with Crippen LogP contribution in [0.25, 0.3) is 0 Å². The van der Waals surface area contributed by atoms with Gasteiger partial charge in [-0.2, -0.15) is 11.8 Å². The van der Waals surface area contributed by atoms with Crippen molar-refractivity contribution in [3.05, 3.63) is 0 Å². The summed E-state index contributed by atoms with van der Waals surface area (Å²) < 4.78 is 0. The summed E-state index contributed by atoms with van der Waals surface area (Å²) in [5.41, 5.74) is 0. The van der Waals surface area contributed by atoms with Gasteiger partial charge in [0.2, 0.25) is 0 Å². The van der Waals surface area contributed by atoms with E-state index in [4.69, 9.17) is 0 Å². The predicted molar refractivity (Wildman–Crippen MR) is 78.7 cm³/mol. The molecule has 3 atom stereocenters. The van der Waals surface area contributed by atoms with Gasteiger partial charge in [-0.15, -0.1) is 11.8 Å². The number of carbonyl (C=O) groups is 2. The average Bonchev–Trinajstić information content (AvgIpc) is 2.83. The van der Waals surface area contributed by atoms with Crippen LogP contribution in [0.1, 0.15) is 26.2 Å². The van der Waals surface area contributed by atoms with E-state index in [0.29, 0.717) is 5.75 Å². The zero-order valence-electron chi connectivity index (χ0n) is 11.0. The Hall–Kier alpha value is -0.560. The molecular formula is C12H20N2O3S2. The fraction of sp³-hybridized carbons (Fsp3) is 0.833. The number of carbonyl (C=O) groups excluding carboxylic acids is 1. The third-order valence-electron chi connectivity index (χ3n) is 3.45. The molecule has 2 heterocycles. The number of nitrogens with zero attached hydrogens (tertiary/aromatic N) is 1. The van der Waals surface area contributed by atoms with Crippen LogP contribution >= 0.6 is 23.5 Å². The van der Waals surface area contributed by atoms with Gasteiger partial charge < -0.3 is 10.4 Å². The average molecular weight is 304 g/mol. The summed E-state index contributed by atoms with van der Waals surface area (Å²) in [4.78, 5) is 25.1. The highest BCUT2D eigenvalue weighted by Gasteiger charge is 2.41. The van der Waals surface area contributed by atoms with Crippen molar-refractivity contribution >= 4 is 35.5 Å². The number of amides is 2. The summed E-state index contributed by atoms with van der Waals surface area (Å²) in [5.74, 6) is 1.67. The predicted octanol–water partition coefficient (Wildman–Crippen LogP) is 1.83. The SMILES string of the molecule is CCC1SCC(C(=O)O)N1C(=O)NC1CCCSC1. The maximum atomic E-state index is 12.3. The number of hydrogen-bond donors (Lipinski definition) is 2. The zero-order valence-corrected chi connectivity index (χ0v) is 12.6. The molecule has 0 radical (unpaired) electrons. The fourth-order valence-corrected chi connectivity index (χ4v) is 4.86. The van der Waals surface area contributed by atoms with Crippen LogP contribution in [0.3, 0.4) is 0 Å². The summed E-state index contributed by atoms with van der Waals surface area (Å²) in [6.07, 6.45) is 2.89. The van der Waals surface area contributed by atoms with E-state index in [1.165, 1.54) is 4.90 Å². The molecule has 5 nitrogen and oxygen atoms in total. The Kier molecular flexibility index (Phi) is 5.27. The van der Waals surface area contributed by atoms with Gasteiger partial charge in [0.1, 0.15) is 6.04 Å². The Morgan fingerprint density at radius 1 is 1.42 bits per heavy atom. The highest BCUT2D eigenvalue weighted by Crippen LogP contribution is 2.31. The van der Waals surface area contributed by atoms with Crippen molar-refractivity contribution in [2.45, 2.75) is 43.6 Å². The van der Waals surface area contributed by atoms with E-state index in [1.807, 2.05) is 18.7 Å². The van der Waals surface area contributed by atoms with E-state index < -0.39 is 12.0 Å². The molecule has 2 N–H and O–H groups in total. The van der Waals surface area contributed by atoms with Crippen LogP contribution in [0.5, 0.6) is 0 Å². The van der Waals surface area contributed by atoms with E-state index in [1.54, 1.807) is 11.8 Å². The smallest absolute Gasteiger partial charge is 0.327 e. The van der Waals surface area contributed by atoms with Gasteiger partial charge in [-0.3, -0.25) is 4.90 Å².